The smallest absolute Gasteiger partial charge is 0.0284 e. The summed E-state index contributed by atoms with van der Waals surface area (Å²) in [7, 11) is 0. The molecule has 0 aromatic carbocycles. The van der Waals surface area contributed by atoms with Gasteiger partial charge in [0.25, 0.3) is 0 Å². The fraction of sp³-hybridized carbons (Fsp3) is 1.00. The Kier molecular flexibility index (Phi) is 5.32. The average molecular weight is 215 g/mol. The summed E-state index contributed by atoms with van der Waals surface area (Å²) in [5.41, 5.74) is 5.99. The van der Waals surface area contributed by atoms with Gasteiger partial charge >= 0.3 is 0 Å². The molecule has 14 heavy (non-hydrogen) atoms. The Labute approximate surface area is 93.2 Å². The first-order valence-electron chi connectivity index (χ1n) is 6.10. The molecule has 1 nitrogen and oxygen atoms in total. The van der Waals surface area contributed by atoms with Crippen LogP contribution in [0.25, 0.3) is 0 Å². The van der Waals surface area contributed by atoms with E-state index in [0.29, 0.717) is 4.75 Å². The lowest BCUT2D eigenvalue weighted by Crippen LogP contribution is -2.35. The Balaban J connectivity index is 2.53. The van der Waals surface area contributed by atoms with E-state index in [9.17, 15) is 0 Å². The zero-order valence-electron chi connectivity index (χ0n) is 9.72. The van der Waals surface area contributed by atoms with E-state index in [2.05, 4.69) is 25.6 Å². The van der Waals surface area contributed by atoms with Crippen LogP contribution in [0, 0.1) is 0 Å². The maximum absolute atomic E-state index is 5.99. The van der Waals surface area contributed by atoms with Crippen molar-refractivity contribution in [2.24, 2.45) is 5.73 Å². The molecule has 0 saturated heterocycles. The first-order valence-corrected chi connectivity index (χ1v) is 6.98. The third kappa shape index (κ3) is 3.47. The SMILES string of the molecule is CCC(C)SC1(CN)CCCCCC1. The zero-order valence-corrected chi connectivity index (χ0v) is 10.5. The van der Waals surface area contributed by atoms with Gasteiger partial charge in [0.05, 0.1) is 0 Å². The second-order valence-corrected chi connectivity index (χ2v) is 6.54. The molecule has 1 saturated carbocycles. The molecule has 1 rings (SSSR count). The van der Waals surface area contributed by atoms with Gasteiger partial charge in [-0.05, 0) is 19.3 Å². The molecule has 1 fully saturated rings. The average Bonchev–Trinajstić information content (AvgIpc) is 2.44. The molecule has 2 N–H and O–H groups in total. The van der Waals surface area contributed by atoms with Gasteiger partial charge < -0.3 is 5.73 Å². The van der Waals surface area contributed by atoms with Gasteiger partial charge in [0.1, 0.15) is 0 Å². The minimum atomic E-state index is 0.423. The van der Waals surface area contributed by atoms with Crippen molar-refractivity contribution in [2.45, 2.75) is 68.8 Å². The van der Waals surface area contributed by atoms with Crippen molar-refractivity contribution in [3.05, 3.63) is 0 Å². The minimum Gasteiger partial charge on any atom is -0.329 e. The fourth-order valence-electron chi connectivity index (χ4n) is 2.25. The fourth-order valence-corrected chi connectivity index (χ4v) is 3.89. The van der Waals surface area contributed by atoms with Crippen LogP contribution in [-0.2, 0) is 0 Å². The van der Waals surface area contributed by atoms with E-state index in [1.54, 1.807) is 0 Å². The number of hydrogen-bond donors (Lipinski definition) is 1. The van der Waals surface area contributed by atoms with Crippen LogP contribution in [-0.4, -0.2) is 16.5 Å². The monoisotopic (exact) mass is 215 g/mol. The van der Waals surface area contributed by atoms with E-state index in [-0.39, 0.29) is 0 Å². The van der Waals surface area contributed by atoms with Crippen LogP contribution in [0.4, 0.5) is 0 Å². The van der Waals surface area contributed by atoms with Crippen molar-refractivity contribution < 1.29 is 0 Å². The van der Waals surface area contributed by atoms with Gasteiger partial charge in [-0.25, -0.2) is 0 Å². The quantitative estimate of drug-likeness (QED) is 0.726. The highest BCUT2D eigenvalue weighted by Gasteiger charge is 2.31. The first-order chi connectivity index (χ1) is 6.72. The molecule has 0 aromatic rings. The van der Waals surface area contributed by atoms with Crippen molar-refractivity contribution in [1.82, 2.24) is 0 Å². The van der Waals surface area contributed by atoms with Crippen LogP contribution in [0.1, 0.15) is 58.8 Å². The molecular formula is C12H25NS. The Morgan fingerprint density at radius 1 is 1.21 bits per heavy atom. The molecule has 0 bridgehead atoms. The van der Waals surface area contributed by atoms with Crippen molar-refractivity contribution >= 4 is 11.8 Å². The lowest BCUT2D eigenvalue weighted by Gasteiger charge is -2.33. The summed E-state index contributed by atoms with van der Waals surface area (Å²) in [4.78, 5) is 0. The van der Waals surface area contributed by atoms with Crippen LogP contribution in [0.2, 0.25) is 0 Å². The second kappa shape index (κ2) is 6.02. The van der Waals surface area contributed by atoms with Gasteiger partial charge in [-0.15, -0.1) is 0 Å². The molecule has 84 valence electrons. The topological polar surface area (TPSA) is 26.0 Å². The maximum atomic E-state index is 5.99. The van der Waals surface area contributed by atoms with E-state index in [1.165, 1.54) is 44.9 Å². The molecule has 1 aliphatic carbocycles. The Hall–Kier alpha value is 0.310. The highest BCUT2D eigenvalue weighted by atomic mass is 32.2. The lowest BCUT2D eigenvalue weighted by molar-refractivity contribution is 0.518. The number of nitrogens with two attached hydrogens (primary N) is 1. The van der Waals surface area contributed by atoms with Gasteiger partial charge in [-0.2, -0.15) is 11.8 Å². The van der Waals surface area contributed by atoms with E-state index in [1.807, 2.05) is 0 Å². The number of thioether (sulfide) groups is 1. The molecule has 2 heteroatoms. The van der Waals surface area contributed by atoms with Gasteiger partial charge in [-0.3, -0.25) is 0 Å². The van der Waals surface area contributed by atoms with Crippen LogP contribution in [0.3, 0.4) is 0 Å². The predicted octanol–water partition coefficient (Wildman–Crippen LogP) is 3.57. The molecular weight excluding hydrogens is 190 g/mol. The van der Waals surface area contributed by atoms with E-state index < -0.39 is 0 Å². The highest BCUT2D eigenvalue weighted by Crippen LogP contribution is 2.40. The van der Waals surface area contributed by atoms with Crippen molar-refractivity contribution in [3.63, 3.8) is 0 Å². The Bertz CT molecular complexity index is 150. The Morgan fingerprint density at radius 2 is 1.79 bits per heavy atom. The summed E-state index contributed by atoms with van der Waals surface area (Å²) in [5, 5.41) is 0.775. The second-order valence-electron chi connectivity index (χ2n) is 4.64. The largest absolute Gasteiger partial charge is 0.329 e. The molecule has 1 atom stereocenters. The zero-order chi connectivity index (χ0) is 10.4. The van der Waals surface area contributed by atoms with Crippen LogP contribution >= 0.6 is 11.8 Å². The van der Waals surface area contributed by atoms with Gasteiger partial charge in [0.15, 0.2) is 0 Å². The predicted molar refractivity (Wildman–Crippen MR) is 66.8 cm³/mol. The first kappa shape index (κ1) is 12.4. The van der Waals surface area contributed by atoms with Crippen molar-refractivity contribution in [3.8, 4) is 0 Å². The van der Waals surface area contributed by atoms with Crippen molar-refractivity contribution in [2.75, 3.05) is 6.54 Å². The van der Waals surface area contributed by atoms with E-state index in [0.717, 1.165) is 11.8 Å². The summed E-state index contributed by atoms with van der Waals surface area (Å²) >= 11 is 2.16. The van der Waals surface area contributed by atoms with E-state index in [4.69, 9.17) is 5.73 Å². The minimum absolute atomic E-state index is 0.423. The third-order valence-corrected chi connectivity index (χ3v) is 5.22. The van der Waals surface area contributed by atoms with Gasteiger partial charge in [0, 0.05) is 16.5 Å². The lowest BCUT2D eigenvalue weighted by atomic mass is 9.99. The molecule has 1 aliphatic rings. The summed E-state index contributed by atoms with van der Waals surface area (Å²) in [6.45, 7) is 5.49. The molecule has 1 unspecified atom stereocenters. The Morgan fingerprint density at radius 3 is 2.21 bits per heavy atom. The molecule has 0 radical (unpaired) electrons. The summed E-state index contributed by atoms with van der Waals surface area (Å²) in [5.74, 6) is 0. The molecule has 0 amide bonds. The molecule has 0 aliphatic heterocycles. The standard InChI is InChI=1S/C12H25NS/c1-3-11(2)14-12(10-13)8-6-4-5-7-9-12/h11H,3-10,13H2,1-2H3. The number of rotatable bonds is 4. The summed E-state index contributed by atoms with van der Waals surface area (Å²) in [6.07, 6.45) is 9.58. The van der Waals surface area contributed by atoms with E-state index >= 15 is 0 Å². The van der Waals surface area contributed by atoms with Gasteiger partial charge in [-0.1, -0.05) is 39.5 Å². The summed E-state index contributed by atoms with van der Waals surface area (Å²) in [6, 6.07) is 0. The molecule has 0 spiro atoms. The number of hydrogen-bond acceptors (Lipinski definition) is 2. The molecule has 0 heterocycles. The third-order valence-electron chi connectivity index (χ3n) is 3.41. The maximum Gasteiger partial charge on any atom is 0.0284 e. The molecule has 0 aromatic heterocycles. The van der Waals surface area contributed by atoms with Crippen LogP contribution < -0.4 is 5.73 Å². The highest BCUT2D eigenvalue weighted by molar-refractivity contribution is 8.01. The van der Waals surface area contributed by atoms with Crippen molar-refractivity contribution in [1.29, 1.82) is 0 Å². The normalized spacial score (nSPS) is 24.2. The van der Waals surface area contributed by atoms with Crippen LogP contribution in [0.15, 0.2) is 0 Å². The summed E-state index contributed by atoms with van der Waals surface area (Å²) < 4.78 is 0.423. The van der Waals surface area contributed by atoms with Gasteiger partial charge in [0.2, 0.25) is 0 Å². The van der Waals surface area contributed by atoms with Crippen LogP contribution in [0.5, 0.6) is 0 Å².